The number of hydrogen-bond donors (Lipinski definition) is 0. The van der Waals surface area contributed by atoms with Crippen molar-refractivity contribution in [2.24, 2.45) is 0 Å². The summed E-state index contributed by atoms with van der Waals surface area (Å²) in [5, 5.41) is 9.77. The Morgan fingerprint density at radius 2 is 2.24 bits per heavy atom. The molecule has 0 saturated heterocycles. The van der Waals surface area contributed by atoms with Crippen molar-refractivity contribution in [3.63, 3.8) is 0 Å². The molecule has 0 radical (unpaired) electrons. The van der Waals surface area contributed by atoms with Gasteiger partial charge in [0.05, 0.1) is 11.8 Å². The van der Waals surface area contributed by atoms with Crippen LogP contribution in [0.25, 0.3) is 0 Å². The first-order valence-corrected chi connectivity index (χ1v) is 6.12. The number of hydrogen-bond acceptors (Lipinski definition) is 3. The summed E-state index contributed by atoms with van der Waals surface area (Å²) in [5.41, 5.74) is 1.56. The molecule has 4 heteroatoms. The predicted molar refractivity (Wildman–Crippen MR) is 68.1 cm³/mol. The molecule has 0 aliphatic rings. The van der Waals surface area contributed by atoms with Crippen LogP contribution in [0.3, 0.4) is 0 Å². The van der Waals surface area contributed by atoms with Gasteiger partial charge in [0, 0.05) is 11.5 Å². The summed E-state index contributed by atoms with van der Waals surface area (Å²) < 4.78 is 5.60. The lowest BCUT2D eigenvalue weighted by atomic mass is 10.1. The van der Waals surface area contributed by atoms with Crippen LogP contribution in [0.2, 0.25) is 0 Å². The summed E-state index contributed by atoms with van der Waals surface area (Å²) >= 11 is 3.35. The van der Waals surface area contributed by atoms with Crippen molar-refractivity contribution in [1.29, 1.82) is 5.26 Å². The molecule has 0 saturated carbocycles. The second-order valence-electron chi connectivity index (χ2n) is 3.37. The average Bonchev–Trinajstić information content (AvgIpc) is 2.40. The van der Waals surface area contributed by atoms with Crippen molar-refractivity contribution >= 4 is 15.9 Å². The SMILES string of the molecule is N#Cc1cc(CBr)ccc1Oc1cccnc1. The number of benzene rings is 1. The number of nitrogens with zero attached hydrogens (tertiary/aromatic N) is 2. The second-order valence-corrected chi connectivity index (χ2v) is 3.93. The van der Waals surface area contributed by atoms with Crippen LogP contribution in [-0.2, 0) is 5.33 Å². The molecule has 1 heterocycles. The van der Waals surface area contributed by atoms with Crippen molar-refractivity contribution in [2.75, 3.05) is 0 Å². The molecule has 0 bridgehead atoms. The van der Waals surface area contributed by atoms with E-state index in [0.717, 1.165) is 10.9 Å². The van der Waals surface area contributed by atoms with E-state index in [0.29, 0.717) is 17.1 Å². The fraction of sp³-hybridized carbons (Fsp3) is 0.0769. The Bertz CT molecular complexity index is 549. The summed E-state index contributed by atoms with van der Waals surface area (Å²) in [6.45, 7) is 0. The third kappa shape index (κ3) is 2.83. The number of halogens is 1. The molecule has 0 aliphatic heterocycles. The smallest absolute Gasteiger partial charge is 0.145 e. The van der Waals surface area contributed by atoms with E-state index in [1.165, 1.54) is 0 Å². The van der Waals surface area contributed by atoms with Crippen LogP contribution in [0.5, 0.6) is 11.5 Å². The molecular weight excluding hydrogens is 280 g/mol. The molecule has 0 N–H and O–H groups in total. The number of rotatable bonds is 3. The molecule has 84 valence electrons. The summed E-state index contributed by atoms with van der Waals surface area (Å²) in [4.78, 5) is 3.95. The van der Waals surface area contributed by atoms with Gasteiger partial charge in [0.15, 0.2) is 0 Å². The lowest BCUT2D eigenvalue weighted by Crippen LogP contribution is -1.90. The van der Waals surface area contributed by atoms with Crippen LogP contribution in [0, 0.1) is 11.3 Å². The van der Waals surface area contributed by atoms with E-state index in [-0.39, 0.29) is 0 Å². The van der Waals surface area contributed by atoms with Crippen LogP contribution >= 0.6 is 15.9 Å². The maximum Gasteiger partial charge on any atom is 0.145 e. The fourth-order valence-electron chi connectivity index (χ4n) is 1.37. The van der Waals surface area contributed by atoms with Gasteiger partial charge >= 0.3 is 0 Å². The van der Waals surface area contributed by atoms with E-state index in [2.05, 4.69) is 27.0 Å². The molecule has 0 unspecified atom stereocenters. The Morgan fingerprint density at radius 3 is 2.88 bits per heavy atom. The van der Waals surface area contributed by atoms with Crippen LogP contribution < -0.4 is 4.74 Å². The highest BCUT2D eigenvalue weighted by Gasteiger charge is 2.05. The third-order valence-corrected chi connectivity index (χ3v) is 2.83. The van der Waals surface area contributed by atoms with Gasteiger partial charge in [-0.25, -0.2) is 0 Å². The Morgan fingerprint density at radius 1 is 1.35 bits per heavy atom. The standard InChI is InChI=1S/C13H9BrN2O/c14-7-10-3-4-13(11(6-10)8-15)17-12-2-1-5-16-9-12/h1-6,9H,7H2. The van der Waals surface area contributed by atoms with Crippen LogP contribution in [0.15, 0.2) is 42.7 Å². The van der Waals surface area contributed by atoms with E-state index in [4.69, 9.17) is 10.00 Å². The fourth-order valence-corrected chi connectivity index (χ4v) is 1.72. The van der Waals surface area contributed by atoms with Crippen molar-refractivity contribution in [3.05, 3.63) is 53.9 Å². The van der Waals surface area contributed by atoms with Crippen LogP contribution in [-0.4, -0.2) is 4.98 Å². The molecule has 1 aromatic carbocycles. The number of pyridine rings is 1. The monoisotopic (exact) mass is 288 g/mol. The molecule has 3 nitrogen and oxygen atoms in total. The van der Waals surface area contributed by atoms with Crippen LogP contribution in [0.4, 0.5) is 0 Å². The lowest BCUT2D eigenvalue weighted by Gasteiger charge is -2.07. The Hall–Kier alpha value is -1.86. The molecule has 0 spiro atoms. The largest absolute Gasteiger partial charge is 0.454 e. The van der Waals surface area contributed by atoms with Crippen molar-refractivity contribution in [2.45, 2.75) is 5.33 Å². The Labute approximate surface area is 108 Å². The molecule has 1 aromatic heterocycles. The number of nitriles is 1. The van der Waals surface area contributed by atoms with Gasteiger partial charge in [-0.1, -0.05) is 22.0 Å². The second kappa shape index (κ2) is 5.46. The van der Waals surface area contributed by atoms with Gasteiger partial charge < -0.3 is 4.74 Å². The third-order valence-electron chi connectivity index (χ3n) is 2.18. The zero-order valence-corrected chi connectivity index (χ0v) is 10.5. The van der Waals surface area contributed by atoms with Gasteiger partial charge in [-0.15, -0.1) is 0 Å². The minimum Gasteiger partial charge on any atom is -0.454 e. The average molecular weight is 289 g/mol. The predicted octanol–water partition coefficient (Wildman–Crippen LogP) is 3.64. The molecule has 0 atom stereocenters. The van der Waals surface area contributed by atoms with Gasteiger partial charge in [-0.05, 0) is 29.8 Å². The first kappa shape index (κ1) is 11.6. The van der Waals surface area contributed by atoms with E-state index >= 15 is 0 Å². The summed E-state index contributed by atoms with van der Waals surface area (Å²) in [6, 6.07) is 11.2. The molecule has 0 fully saturated rings. The van der Waals surface area contributed by atoms with Gasteiger partial charge in [-0.3, -0.25) is 4.98 Å². The van der Waals surface area contributed by atoms with Gasteiger partial charge in [0.1, 0.15) is 17.6 Å². The molecule has 2 aromatic rings. The normalized spacial score (nSPS) is 9.65. The number of alkyl halides is 1. The zero-order chi connectivity index (χ0) is 12.1. The first-order valence-electron chi connectivity index (χ1n) is 5.00. The maximum atomic E-state index is 9.06. The highest BCUT2D eigenvalue weighted by atomic mass is 79.9. The number of aromatic nitrogens is 1. The van der Waals surface area contributed by atoms with Crippen molar-refractivity contribution in [1.82, 2.24) is 4.98 Å². The maximum absolute atomic E-state index is 9.06. The minimum atomic E-state index is 0.519. The molecule has 17 heavy (non-hydrogen) atoms. The van der Waals surface area contributed by atoms with E-state index in [1.807, 2.05) is 6.07 Å². The van der Waals surface area contributed by atoms with Crippen molar-refractivity contribution in [3.8, 4) is 17.6 Å². The van der Waals surface area contributed by atoms with Gasteiger partial charge in [-0.2, -0.15) is 5.26 Å². The van der Waals surface area contributed by atoms with Crippen LogP contribution in [0.1, 0.15) is 11.1 Å². The Balaban J connectivity index is 2.31. The summed E-state index contributed by atoms with van der Waals surface area (Å²) in [5.74, 6) is 1.17. The number of ether oxygens (including phenoxy) is 1. The minimum absolute atomic E-state index is 0.519. The van der Waals surface area contributed by atoms with Crippen molar-refractivity contribution < 1.29 is 4.74 Å². The lowest BCUT2D eigenvalue weighted by molar-refractivity contribution is 0.478. The molecule has 0 aliphatic carbocycles. The summed E-state index contributed by atoms with van der Waals surface area (Å²) in [7, 11) is 0. The van der Waals surface area contributed by atoms with E-state index in [9.17, 15) is 0 Å². The molecule has 2 rings (SSSR count). The summed E-state index contributed by atoms with van der Waals surface area (Å²) in [6.07, 6.45) is 3.28. The quantitative estimate of drug-likeness (QED) is 0.810. The topological polar surface area (TPSA) is 45.9 Å². The Kier molecular flexibility index (Phi) is 3.73. The van der Waals surface area contributed by atoms with E-state index in [1.54, 1.807) is 36.7 Å². The highest BCUT2D eigenvalue weighted by molar-refractivity contribution is 9.08. The zero-order valence-electron chi connectivity index (χ0n) is 8.93. The van der Waals surface area contributed by atoms with E-state index < -0.39 is 0 Å². The van der Waals surface area contributed by atoms with Gasteiger partial charge in [0.25, 0.3) is 0 Å². The molecular formula is C13H9BrN2O. The highest BCUT2D eigenvalue weighted by Crippen LogP contribution is 2.25. The first-order chi connectivity index (χ1) is 8.33. The van der Waals surface area contributed by atoms with Gasteiger partial charge in [0.2, 0.25) is 0 Å². The molecule has 0 amide bonds.